The van der Waals surface area contributed by atoms with Gasteiger partial charge in [-0.25, -0.2) is 0 Å². The van der Waals surface area contributed by atoms with Crippen LogP contribution in [-0.2, 0) is 28.7 Å². The fraction of sp³-hybridized carbons (Fsp3) is 0.750. The Balaban J connectivity index is 2.46. The van der Waals surface area contributed by atoms with Gasteiger partial charge in [0.05, 0.1) is 17.8 Å². The summed E-state index contributed by atoms with van der Waals surface area (Å²) in [6, 6.07) is 0. The molecule has 0 aromatic heterocycles. The predicted molar refractivity (Wildman–Crippen MR) is 75.7 cm³/mol. The average Bonchev–Trinajstić information content (AvgIpc) is 2.60. The molecule has 1 heterocycles. The molecule has 6 heteroatoms. The molecule has 1 aliphatic carbocycles. The molecule has 122 valence electrons. The summed E-state index contributed by atoms with van der Waals surface area (Å²) in [6.07, 6.45) is 1.03. The average molecular weight is 310 g/mol. The number of esters is 2. The van der Waals surface area contributed by atoms with Crippen LogP contribution < -0.4 is 0 Å². The zero-order valence-electron chi connectivity index (χ0n) is 13.3. The van der Waals surface area contributed by atoms with Crippen molar-refractivity contribution in [2.24, 2.45) is 23.7 Å². The highest BCUT2D eigenvalue weighted by molar-refractivity contribution is 5.85. The molecule has 1 saturated carbocycles. The lowest BCUT2D eigenvalue weighted by Crippen LogP contribution is -2.48. The summed E-state index contributed by atoms with van der Waals surface area (Å²) in [5, 5.41) is 0. The number of fused-ring (bicyclic) bond motifs is 1. The number of hydrogen-bond donors (Lipinski definition) is 0. The summed E-state index contributed by atoms with van der Waals surface area (Å²) in [7, 11) is 0. The van der Waals surface area contributed by atoms with Crippen molar-refractivity contribution >= 4 is 24.0 Å². The smallest absolute Gasteiger partial charge is 0.309 e. The van der Waals surface area contributed by atoms with Crippen LogP contribution in [0.3, 0.4) is 0 Å². The number of aldehydes is 1. The van der Waals surface area contributed by atoms with Gasteiger partial charge in [-0.2, -0.15) is 0 Å². The fourth-order valence-corrected chi connectivity index (χ4v) is 3.91. The van der Waals surface area contributed by atoms with E-state index in [0.717, 1.165) is 0 Å². The fourth-order valence-electron chi connectivity index (χ4n) is 3.91. The molecular formula is C16H22O6. The molecule has 0 bridgehead atoms. The lowest BCUT2D eigenvalue weighted by atomic mass is 9.75. The normalized spacial score (nSPS) is 41.1. The van der Waals surface area contributed by atoms with Gasteiger partial charge in [0, 0.05) is 12.8 Å². The Morgan fingerprint density at radius 3 is 2.50 bits per heavy atom. The molecule has 0 unspecified atom stereocenters. The first kappa shape index (κ1) is 16.6. The van der Waals surface area contributed by atoms with E-state index in [4.69, 9.17) is 9.47 Å². The molecule has 22 heavy (non-hydrogen) atoms. The van der Waals surface area contributed by atoms with Gasteiger partial charge >= 0.3 is 11.9 Å². The molecular weight excluding hydrogens is 288 g/mol. The van der Waals surface area contributed by atoms with E-state index in [-0.39, 0.29) is 23.6 Å². The molecule has 1 saturated heterocycles. The summed E-state index contributed by atoms with van der Waals surface area (Å²) < 4.78 is 10.8. The SMILES string of the molecule is CC(=O)O[C@]1(C)CC[C@@H]2[C@H](OC(=O)[C@H]2C)[C@H](C(C)=O)[C@H]1C=O. The van der Waals surface area contributed by atoms with Crippen LogP contribution in [0.1, 0.15) is 40.5 Å². The molecule has 0 radical (unpaired) electrons. The van der Waals surface area contributed by atoms with E-state index in [1.807, 2.05) is 0 Å². The third-order valence-electron chi connectivity index (χ3n) is 5.10. The van der Waals surface area contributed by atoms with Crippen molar-refractivity contribution in [2.75, 3.05) is 0 Å². The van der Waals surface area contributed by atoms with Crippen molar-refractivity contribution in [1.82, 2.24) is 0 Å². The number of ether oxygens (including phenoxy) is 2. The summed E-state index contributed by atoms with van der Waals surface area (Å²) >= 11 is 0. The lowest BCUT2D eigenvalue weighted by Gasteiger charge is -2.36. The predicted octanol–water partition coefficient (Wildman–Crippen LogP) is 1.30. The molecule has 6 nitrogen and oxygen atoms in total. The van der Waals surface area contributed by atoms with Gasteiger partial charge < -0.3 is 14.3 Å². The van der Waals surface area contributed by atoms with E-state index >= 15 is 0 Å². The first-order chi connectivity index (χ1) is 10.2. The van der Waals surface area contributed by atoms with E-state index in [1.54, 1.807) is 13.8 Å². The zero-order valence-corrected chi connectivity index (χ0v) is 13.3. The van der Waals surface area contributed by atoms with Crippen LogP contribution in [0.2, 0.25) is 0 Å². The Labute approximate surface area is 129 Å². The summed E-state index contributed by atoms with van der Waals surface area (Å²) in [6.45, 7) is 6.12. The topological polar surface area (TPSA) is 86.7 Å². The largest absolute Gasteiger partial charge is 0.461 e. The Bertz CT molecular complexity index is 513. The van der Waals surface area contributed by atoms with Gasteiger partial charge in [-0.1, -0.05) is 6.92 Å². The van der Waals surface area contributed by atoms with Gasteiger partial charge in [-0.15, -0.1) is 0 Å². The van der Waals surface area contributed by atoms with E-state index in [1.165, 1.54) is 13.8 Å². The van der Waals surface area contributed by atoms with E-state index in [2.05, 4.69) is 0 Å². The number of carbonyl (C=O) groups is 4. The highest BCUT2D eigenvalue weighted by Crippen LogP contribution is 2.47. The van der Waals surface area contributed by atoms with Gasteiger partial charge in [0.15, 0.2) is 0 Å². The molecule has 2 rings (SSSR count). The third-order valence-corrected chi connectivity index (χ3v) is 5.10. The van der Waals surface area contributed by atoms with Crippen LogP contribution in [0.15, 0.2) is 0 Å². The first-order valence-electron chi connectivity index (χ1n) is 7.57. The standard InChI is InChI=1S/C16H22O6/c1-8-11-5-6-16(4,22-10(3)19)12(7-17)13(9(2)18)14(11)21-15(8)20/h7-8,11-14H,5-6H2,1-4H3/t8-,11-,12+,13+,14-,16+/m0/s1. The molecule has 1 aliphatic heterocycles. The number of hydrogen-bond acceptors (Lipinski definition) is 6. The molecule has 2 fully saturated rings. The molecule has 0 N–H and O–H groups in total. The molecule has 0 aromatic rings. The second-order valence-corrected chi connectivity index (χ2v) is 6.60. The molecule has 6 atom stereocenters. The second-order valence-electron chi connectivity index (χ2n) is 6.60. The van der Waals surface area contributed by atoms with Gasteiger partial charge in [0.2, 0.25) is 0 Å². The van der Waals surface area contributed by atoms with Crippen molar-refractivity contribution < 1.29 is 28.7 Å². The molecule has 0 spiro atoms. The number of carbonyl (C=O) groups excluding carboxylic acids is 4. The lowest BCUT2D eigenvalue weighted by molar-refractivity contribution is -0.170. The van der Waals surface area contributed by atoms with Crippen LogP contribution in [0, 0.1) is 23.7 Å². The molecule has 2 aliphatic rings. The van der Waals surface area contributed by atoms with Crippen LogP contribution in [0.25, 0.3) is 0 Å². The van der Waals surface area contributed by atoms with Crippen molar-refractivity contribution in [3.63, 3.8) is 0 Å². The van der Waals surface area contributed by atoms with Crippen LogP contribution in [-0.4, -0.2) is 35.7 Å². The van der Waals surface area contributed by atoms with E-state index in [9.17, 15) is 19.2 Å². The van der Waals surface area contributed by atoms with Gasteiger partial charge in [0.25, 0.3) is 0 Å². The quantitative estimate of drug-likeness (QED) is 0.577. The first-order valence-corrected chi connectivity index (χ1v) is 7.57. The maximum absolute atomic E-state index is 12.2. The Kier molecular flexibility index (Phi) is 4.40. The minimum absolute atomic E-state index is 0.138. The highest BCUT2D eigenvalue weighted by Gasteiger charge is 2.57. The zero-order chi connectivity index (χ0) is 16.7. The third kappa shape index (κ3) is 2.66. The van der Waals surface area contributed by atoms with Gasteiger partial charge in [0.1, 0.15) is 23.8 Å². The van der Waals surface area contributed by atoms with Crippen molar-refractivity contribution in [3.8, 4) is 0 Å². The Morgan fingerprint density at radius 1 is 1.36 bits per heavy atom. The highest BCUT2D eigenvalue weighted by atomic mass is 16.6. The Hall–Kier alpha value is -1.72. The molecule has 0 amide bonds. The minimum Gasteiger partial charge on any atom is -0.461 e. The number of rotatable bonds is 3. The van der Waals surface area contributed by atoms with Gasteiger partial charge in [-0.05, 0) is 26.7 Å². The summed E-state index contributed by atoms with van der Waals surface area (Å²) in [5.41, 5.74) is -1.06. The van der Waals surface area contributed by atoms with Crippen molar-refractivity contribution in [2.45, 2.75) is 52.2 Å². The van der Waals surface area contributed by atoms with Crippen LogP contribution in [0.4, 0.5) is 0 Å². The number of ketones is 1. The second kappa shape index (κ2) is 5.82. The van der Waals surface area contributed by atoms with Crippen LogP contribution >= 0.6 is 0 Å². The van der Waals surface area contributed by atoms with Crippen LogP contribution in [0.5, 0.6) is 0 Å². The monoisotopic (exact) mass is 310 g/mol. The van der Waals surface area contributed by atoms with E-state index < -0.39 is 29.5 Å². The van der Waals surface area contributed by atoms with E-state index in [0.29, 0.717) is 19.1 Å². The van der Waals surface area contributed by atoms with Gasteiger partial charge in [-0.3, -0.25) is 14.4 Å². The maximum atomic E-state index is 12.2. The summed E-state index contributed by atoms with van der Waals surface area (Å²) in [5.74, 6) is -3.10. The van der Waals surface area contributed by atoms with Crippen molar-refractivity contribution in [1.29, 1.82) is 0 Å². The number of Topliss-reactive ketones (excluding diaryl/α,β-unsaturated/α-hetero) is 1. The minimum atomic E-state index is -1.06. The van der Waals surface area contributed by atoms with Crippen molar-refractivity contribution in [3.05, 3.63) is 0 Å². The summed E-state index contributed by atoms with van der Waals surface area (Å²) in [4.78, 5) is 47.1. The Morgan fingerprint density at radius 2 is 2.00 bits per heavy atom. The maximum Gasteiger partial charge on any atom is 0.309 e. The molecule has 0 aromatic carbocycles.